The van der Waals surface area contributed by atoms with Gasteiger partial charge in [0.25, 0.3) is 0 Å². The van der Waals surface area contributed by atoms with E-state index in [0.29, 0.717) is 0 Å². The Labute approximate surface area is 112 Å². The topological polar surface area (TPSA) is 42.1 Å². The maximum Gasteiger partial charge on any atom is 0.0794 e. The number of aromatic nitrogens is 1. The summed E-state index contributed by atoms with van der Waals surface area (Å²) in [4.78, 5) is 7.89. The van der Waals surface area contributed by atoms with Crippen LogP contribution in [0.15, 0.2) is 36.0 Å². The van der Waals surface area contributed by atoms with Gasteiger partial charge < -0.3 is 5.73 Å². The molecule has 0 aliphatic carbocycles. The standard InChI is InChI=1S/C14H19N3S/c1-2-7-17(10-14-8-16-11-18-14)9-12-3-5-13(15)6-4-12/h3-6,8,11H,2,7,9-10,15H2,1H3. The van der Waals surface area contributed by atoms with Crippen molar-refractivity contribution in [2.75, 3.05) is 12.3 Å². The molecule has 0 bridgehead atoms. The molecule has 0 radical (unpaired) electrons. The van der Waals surface area contributed by atoms with E-state index in [1.807, 2.05) is 23.8 Å². The first-order chi connectivity index (χ1) is 8.78. The average molecular weight is 261 g/mol. The fourth-order valence-electron chi connectivity index (χ4n) is 1.95. The number of nitrogens with zero attached hydrogens (tertiary/aromatic N) is 2. The lowest BCUT2D eigenvalue weighted by atomic mass is 10.2. The quantitative estimate of drug-likeness (QED) is 0.812. The minimum absolute atomic E-state index is 0.822. The van der Waals surface area contributed by atoms with Gasteiger partial charge in [-0.1, -0.05) is 19.1 Å². The molecule has 0 amide bonds. The van der Waals surface area contributed by atoms with Crippen LogP contribution in [0.5, 0.6) is 0 Å². The normalized spacial score (nSPS) is 11.0. The molecule has 2 aromatic rings. The van der Waals surface area contributed by atoms with E-state index in [2.05, 4.69) is 28.9 Å². The third-order valence-corrected chi connectivity index (χ3v) is 3.55. The van der Waals surface area contributed by atoms with Gasteiger partial charge in [0.1, 0.15) is 0 Å². The molecule has 0 spiro atoms. The van der Waals surface area contributed by atoms with E-state index in [1.165, 1.54) is 10.4 Å². The first kappa shape index (κ1) is 13.1. The van der Waals surface area contributed by atoms with Crippen LogP contribution in [0, 0.1) is 0 Å². The van der Waals surface area contributed by atoms with Gasteiger partial charge in [-0.25, -0.2) is 0 Å². The molecule has 0 unspecified atom stereocenters. The Morgan fingerprint density at radius 1 is 1.22 bits per heavy atom. The van der Waals surface area contributed by atoms with Gasteiger partial charge in [-0.05, 0) is 30.7 Å². The van der Waals surface area contributed by atoms with E-state index in [9.17, 15) is 0 Å². The van der Waals surface area contributed by atoms with Crippen LogP contribution in [0.25, 0.3) is 0 Å². The molecule has 18 heavy (non-hydrogen) atoms. The zero-order chi connectivity index (χ0) is 12.8. The van der Waals surface area contributed by atoms with Crippen LogP contribution in [-0.2, 0) is 13.1 Å². The van der Waals surface area contributed by atoms with E-state index in [4.69, 9.17) is 5.73 Å². The van der Waals surface area contributed by atoms with Gasteiger partial charge in [0, 0.05) is 29.9 Å². The molecular weight excluding hydrogens is 242 g/mol. The number of hydrogen-bond donors (Lipinski definition) is 1. The van der Waals surface area contributed by atoms with E-state index in [-0.39, 0.29) is 0 Å². The predicted octanol–water partition coefficient (Wildman–Crippen LogP) is 3.14. The minimum Gasteiger partial charge on any atom is -0.399 e. The second-order valence-electron chi connectivity index (χ2n) is 4.42. The van der Waals surface area contributed by atoms with E-state index >= 15 is 0 Å². The van der Waals surface area contributed by atoms with Crippen molar-refractivity contribution in [2.45, 2.75) is 26.4 Å². The molecule has 0 aliphatic rings. The van der Waals surface area contributed by atoms with Crippen LogP contribution in [0.1, 0.15) is 23.8 Å². The van der Waals surface area contributed by atoms with Crippen LogP contribution in [0.3, 0.4) is 0 Å². The Morgan fingerprint density at radius 2 is 2.00 bits per heavy atom. The summed E-state index contributed by atoms with van der Waals surface area (Å²) in [5.41, 5.74) is 9.73. The van der Waals surface area contributed by atoms with Gasteiger partial charge in [0.05, 0.1) is 5.51 Å². The zero-order valence-corrected chi connectivity index (χ0v) is 11.5. The van der Waals surface area contributed by atoms with E-state index in [0.717, 1.165) is 31.7 Å². The van der Waals surface area contributed by atoms with Crippen LogP contribution in [0.2, 0.25) is 0 Å². The van der Waals surface area contributed by atoms with Crippen LogP contribution < -0.4 is 5.73 Å². The lowest BCUT2D eigenvalue weighted by Crippen LogP contribution is -2.23. The lowest BCUT2D eigenvalue weighted by molar-refractivity contribution is 0.259. The first-order valence-corrected chi connectivity index (χ1v) is 7.10. The highest BCUT2D eigenvalue weighted by atomic mass is 32.1. The number of rotatable bonds is 6. The first-order valence-electron chi connectivity index (χ1n) is 6.22. The molecule has 4 heteroatoms. The predicted molar refractivity (Wildman–Crippen MR) is 77.4 cm³/mol. The molecule has 0 aliphatic heterocycles. The Balaban J connectivity index is 1.99. The summed E-state index contributed by atoms with van der Waals surface area (Å²) in [6.07, 6.45) is 3.12. The summed E-state index contributed by atoms with van der Waals surface area (Å²) in [6.45, 7) is 5.25. The molecule has 96 valence electrons. The third-order valence-electron chi connectivity index (χ3n) is 2.79. The number of hydrogen-bond acceptors (Lipinski definition) is 4. The highest BCUT2D eigenvalue weighted by Gasteiger charge is 2.07. The van der Waals surface area contributed by atoms with Crippen LogP contribution in [0.4, 0.5) is 5.69 Å². The number of anilines is 1. The SMILES string of the molecule is CCCN(Cc1ccc(N)cc1)Cc1cncs1. The summed E-state index contributed by atoms with van der Waals surface area (Å²) >= 11 is 1.72. The van der Waals surface area contributed by atoms with Crippen LogP contribution in [-0.4, -0.2) is 16.4 Å². The molecular formula is C14H19N3S. The summed E-state index contributed by atoms with van der Waals surface area (Å²) < 4.78 is 0. The summed E-state index contributed by atoms with van der Waals surface area (Å²) in [5, 5.41) is 0. The van der Waals surface area contributed by atoms with Gasteiger partial charge in [0.15, 0.2) is 0 Å². The summed E-state index contributed by atoms with van der Waals surface area (Å²) in [5.74, 6) is 0. The van der Waals surface area contributed by atoms with Crippen molar-refractivity contribution < 1.29 is 0 Å². The fraction of sp³-hybridized carbons (Fsp3) is 0.357. The highest BCUT2D eigenvalue weighted by molar-refractivity contribution is 7.09. The molecule has 3 nitrogen and oxygen atoms in total. The van der Waals surface area contributed by atoms with E-state index < -0.39 is 0 Å². The monoisotopic (exact) mass is 261 g/mol. The molecule has 2 N–H and O–H groups in total. The van der Waals surface area contributed by atoms with Crippen molar-refractivity contribution in [3.63, 3.8) is 0 Å². The van der Waals surface area contributed by atoms with Gasteiger partial charge in [0.2, 0.25) is 0 Å². The Hall–Kier alpha value is -1.39. The fourth-order valence-corrected chi connectivity index (χ4v) is 2.59. The zero-order valence-electron chi connectivity index (χ0n) is 10.7. The van der Waals surface area contributed by atoms with Crippen molar-refractivity contribution >= 4 is 17.0 Å². The van der Waals surface area contributed by atoms with E-state index in [1.54, 1.807) is 11.3 Å². The number of nitrogen functional groups attached to an aromatic ring is 1. The largest absolute Gasteiger partial charge is 0.399 e. The molecule has 0 atom stereocenters. The van der Waals surface area contributed by atoms with Crippen molar-refractivity contribution in [3.8, 4) is 0 Å². The Bertz CT molecular complexity index is 450. The minimum atomic E-state index is 0.822. The van der Waals surface area contributed by atoms with Crippen molar-refractivity contribution in [1.29, 1.82) is 0 Å². The van der Waals surface area contributed by atoms with Crippen LogP contribution >= 0.6 is 11.3 Å². The molecule has 1 aromatic carbocycles. The number of thiazole rings is 1. The smallest absolute Gasteiger partial charge is 0.0794 e. The summed E-state index contributed by atoms with van der Waals surface area (Å²) in [7, 11) is 0. The second-order valence-corrected chi connectivity index (χ2v) is 5.39. The molecule has 1 heterocycles. The maximum atomic E-state index is 5.71. The number of nitrogens with two attached hydrogens (primary N) is 1. The third kappa shape index (κ3) is 3.82. The highest BCUT2D eigenvalue weighted by Crippen LogP contribution is 2.14. The molecule has 0 fully saturated rings. The van der Waals surface area contributed by atoms with Gasteiger partial charge in [-0.3, -0.25) is 9.88 Å². The van der Waals surface area contributed by atoms with Crippen molar-refractivity contribution in [1.82, 2.24) is 9.88 Å². The van der Waals surface area contributed by atoms with Gasteiger partial charge in [-0.15, -0.1) is 11.3 Å². The Kier molecular flexibility index (Phi) is 4.73. The molecule has 0 saturated carbocycles. The second kappa shape index (κ2) is 6.52. The van der Waals surface area contributed by atoms with Gasteiger partial charge in [-0.2, -0.15) is 0 Å². The molecule has 1 aromatic heterocycles. The Morgan fingerprint density at radius 3 is 2.61 bits per heavy atom. The average Bonchev–Trinajstić information content (AvgIpc) is 2.85. The molecule has 0 saturated heterocycles. The van der Waals surface area contributed by atoms with Gasteiger partial charge >= 0.3 is 0 Å². The summed E-state index contributed by atoms with van der Waals surface area (Å²) in [6, 6.07) is 8.13. The van der Waals surface area contributed by atoms with Crippen molar-refractivity contribution in [2.24, 2.45) is 0 Å². The maximum absolute atomic E-state index is 5.71. The number of benzene rings is 1. The lowest BCUT2D eigenvalue weighted by Gasteiger charge is -2.20. The molecule has 2 rings (SSSR count). The van der Waals surface area contributed by atoms with Crippen molar-refractivity contribution in [3.05, 3.63) is 46.4 Å².